The number of benzene rings is 1. The normalized spacial score (nSPS) is 12.7. The van der Waals surface area contributed by atoms with Crippen LogP contribution in [0.4, 0.5) is 4.39 Å². The van der Waals surface area contributed by atoms with Crippen LogP contribution in [0.3, 0.4) is 0 Å². The molecule has 0 amide bonds. The van der Waals surface area contributed by atoms with Crippen LogP contribution in [0, 0.1) is 11.7 Å². The molecule has 0 spiro atoms. The summed E-state index contributed by atoms with van der Waals surface area (Å²) in [5, 5.41) is 0. The van der Waals surface area contributed by atoms with Crippen molar-refractivity contribution in [1.29, 1.82) is 0 Å². The summed E-state index contributed by atoms with van der Waals surface area (Å²) in [6, 6.07) is 6.46. The third-order valence-corrected chi connectivity index (χ3v) is 3.11. The number of carbonyl (C=O) groups is 1. The van der Waals surface area contributed by atoms with Gasteiger partial charge in [-0.05, 0) is 24.6 Å². The maximum Gasteiger partial charge on any atom is 0.151 e. The van der Waals surface area contributed by atoms with E-state index in [1.165, 1.54) is 6.07 Å². The van der Waals surface area contributed by atoms with Crippen LogP contribution in [0.25, 0.3) is 0 Å². The van der Waals surface area contributed by atoms with Crippen LogP contribution in [-0.4, -0.2) is 30.8 Å². The first-order valence-electron chi connectivity index (χ1n) is 6.46. The molecule has 1 atom stereocenters. The van der Waals surface area contributed by atoms with Gasteiger partial charge >= 0.3 is 0 Å². The fourth-order valence-electron chi connectivity index (χ4n) is 1.94. The van der Waals surface area contributed by atoms with Gasteiger partial charge in [0.2, 0.25) is 0 Å². The molecule has 0 saturated heterocycles. The summed E-state index contributed by atoms with van der Waals surface area (Å²) in [5.41, 5.74) is 0.486. The van der Waals surface area contributed by atoms with Crippen molar-refractivity contribution in [2.24, 2.45) is 5.92 Å². The number of ketones is 1. The summed E-state index contributed by atoms with van der Waals surface area (Å²) < 4.78 is 13.4. The van der Waals surface area contributed by atoms with Gasteiger partial charge < -0.3 is 0 Å². The fraction of sp³-hybridized carbons (Fsp3) is 0.533. The molecule has 0 saturated carbocycles. The molecule has 0 fully saturated rings. The highest BCUT2D eigenvalue weighted by molar-refractivity contribution is 5.82. The van der Waals surface area contributed by atoms with Crippen molar-refractivity contribution in [2.75, 3.05) is 20.1 Å². The molecular weight excluding hydrogens is 229 g/mol. The second-order valence-electron chi connectivity index (χ2n) is 5.02. The number of likely N-dealkylation sites (N-methyl/N-ethyl adjacent to an activating group) is 1. The molecule has 0 aromatic heterocycles. The number of halogens is 1. The predicted octanol–water partition coefficient (Wildman–Crippen LogP) is 2.92. The van der Waals surface area contributed by atoms with Gasteiger partial charge in [-0.2, -0.15) is 0 Å². The highest BCUT2D eigenvalue weighted by atomic mass is 19.1. The van der Waals surface area contributed by atoms with Crippen molar-refractivity contribution in [1.82, 2.24) is 4.90 Å². The fourth-order valence-corrected chi connectivity index (χ4v) is 1.94. The van der Waals surface area contributed by atoms with E-state index in [9.17, 15) is 9.18 Å². The van der Waals surface area contributed by atoms with Crippen molar-refractivity contribution in [3.8, 4) is 0 Å². The van der Waals surface area contributed by atoms with Crippen molar-refractivity contribution in [3.63, 3.8) is 0 Å². The van der Waals surface area contributed by atoms with Crippen LogP contribution in [0.1, 0.15) is 25.8 Å². The quantitative estimate of drug-likeness (QED) is 0.742. The Morgan fingerprint density at radius 3 is 2.67 bits per heavy atom. The molecule has 1 aromatic carbocycles. The van der Waals surface area contributed by atoms with E-state index in [1.807, 2.05) is 11.9 Å². The first-order chi connectivity index (χ1) is 8.52. The molecule has 0 aliphatic carbocycles. The van der Waals surface area contributed by atoms with Gasteiger partial charge in [0.25, 0.3) is 0 Å². The summed E-state index contributed by atoms with van der Waals surface area (Å²) in [6.07, 6.45) is 1.28. The Kier molecular flexibility index (Phi) is 5.99. The van der Waals surface area contributed by atoms with Crippen LogP contribution >= 0.6 is 0 Å². The molecule has 0 N–H and O–H groups in total. The minimum atomic E-state index is -0.296. The number of carbonyl (C=O) groups excluding carboxylic acids is 1. The van der Waals surface area contributed by atoms with E-state index in [1.54, 1.807) is 18.2 Å². The first kappa shape index (κ1) is 14.8. The van der Waals surface area contributed by atoms with E-state index >= 15 is 0 Å². The Morgan fingerprint density at radius 2 is 2.06 bits per heavy atom. The second kappa shape index (κ2) is 7.27. The van der Waals surface area contributed by atoms with Gasteiger partial charge in [-0.25, -0.2) is 4.39 Å². The zero-order valence-electron chi connectivity index (χ0n) is 11.4. The molecule has 0 aliphatic rings. The number of nitrogens with zero attached hydrogens (tertiary/aromatic N) is 1. The third-order valence-electron chi connectivity index (χ3n) is 3.11. The molecule has 1 rings (SSSR count). The standard InChI is InChI=1S/C15H22FNO/c1-4-12(2)10-17(3)11-14(18)9-13-7-5-6-8-15(13)16/h5-8,12H,4,9-11H2,1-3H3. The van der Waals surface area contributed by atoms with Crippen LogP contribution in [0.15, 0.2) is 24.3 Å². The molecule has 100 valence electrons. The van der Waals surface area contributed by atoms with Crippen LogP contribution in [0.5, 0.6) is 0 Å². The number of Topliss-reactive ketones (excluding diaryl/α,β-unsaturated/α-hetero) is 1. The molecule has 0 aliphatic heterocycles. The molecule has 0 radical (unpaired) electrons. The Morgan fingerprint density at radius 1 is 1.39 bits per heavy atom. The first-order valence-corrected chi connectivity index (χ1v) is 6.46. The van der Waals surface area contributed by atoms with Crippen LogP contribution < -0.4 is 0 Å². The average molecular weight is 251 g/mol. The van der Waals surface area contributed by atoms with Crippen LogP contribution in [-0.2, 0) is 11.2 Å². The molecule has 0 heterocycles. The third kappa shape index (κ3) is 4.96. The predicted molar refractivity (Wildman–Crippen MR) is 72.1 cm³/mol. The minimum Gasteiger partial charge on any atom is -0.299 e. The smallest absolute Gasteiger partial charge is 0.151 e. The highest BCUT2D eigenvalue weighted by Gasteiger charge is 2.11. The van der Waals surface area contributed by atoms with Gasteiger partial charge in [-0.15, -0.1) is 0 Å². The maximum absolute atomic E-state index is 13.4. The SMILES string of the molecule is CCC(C)CN(C)CC(=O)Cc1ccccc1F. The number of hydrogen-bond acceptors (Lipinski definition) is 2. The molecule has 1 unspecified atom stereocenters. The lowest BCUT2D eigenvalue weighted by Crippen LogP contribution is -2.30. The highest BCUT2D eigenvalue weighted by Crippen LogP contribution is 2.08. The number of rotatable bonds is 7. The van der Waals surface area contributed by atoms with Gasteiger partial charge in [-0.1, -0.05) is 38.5 Å². The van der Waals surface area contributed by atoms with Gasteiger partial charge in [0.1, 0.15) is 5.82 Å². The maximum atomic E-state index is 13.4. The minimum absolute atomic E-state index is 0.0610. The monoisotopic (exact) mass is 251 g/mol. The molecular formula is C15H22FNO. The summed E-state index contributed by atoms with van der Waals surface area (Å²) in [4.78, 5) is 13.8. The molecule has 18 heavy (non-hydrogen) atoms. The van der Waals surface area contributed by atoms with Crippen LogP contribution in [0.2, 0.25) is 0 Å². The van der Waals surface area contributed by atoms with E-state index in [-0.39, 0.29) is 18.0 Å². The largest absolute Gasteiger partial charge is 0.299 e. The Balaban J connectivity index is 2.45. The molecule has 2 nitrogen and oxygen atoms in total. The van der Waals surface area contributed by atoms with Gasteiger partial charge in [0.15, 0.2) is 5.78 Å². The summed E-state index contributed by atoms with van der Waals surface area (Å²) in [5.74, 6) is 0.345. The van der Waals surface area contributed by atoms with E-state index in [2.05, 4.69) is 13.8 Å². The van der Waals surface area contributed by atoms with Crippen molar-refractivity contribution in [3.05, 3.63) is 35.6 Å². The van der Waals surface area contributed by atoms with E-state index in [0.717, 1.165) is 13.0 Å². The van der Waals surface area contributed by atoms with E-state index in [4.69, 9.17) is 0 Å². The Labute approximate surface area is 109 Å². The lowest BCUT2D eigenvalue weighted by atomic mass is 10.1. The Hall–Kier alpha value is -1.22. The summed E-state index contributed by atoms with van der Waals surface area (Å²) in [6.45, 7) is 5.59. The zero-order valence-corrected chi connectivity index (χ0v) is 11.4. The van der Waals surface area contributed by atoms with E-state index in [0.29, 0.717) is 18.0 Å². The lowest BCUT2D eigenvalue weighted by molar-refractivity contribution is -0.119. The molecule has 0 bridgehead atoms. The number of hydrogen-bond donors (Lipinski definition) is 0. The van der Waals surface area contributed by atoms with Crippen molar-refractivity contribution >= 4 is 5.78 Å². The average Bonchev–Trinajstić information content (AvgIpc) is 2.31. The van der Waals surface area contributed by atoms with Gasteiger partial charge in [-0.3, -0.25) is 9.69 Å². The second-order valence-corrected chi connectivity index (χ2v) is 5.02. The van der Waals surface area contributed by atoms with Gasteiger partial charge in [0.05, 0.1) is 6.54 Å². The molecule has 3 heteroatoms. The molecule has 1 aromatic rings. The Bertz CT molecular complexity index is 392. The van der Waals surface area contributed by atoms with Crippen molar-refractivity contribution in [2.45, 2.75) is 26.7 Å². The summed E-state index contributed by atoms with van der Waals surface area (Å²) in [7, 11) is 1.94. The van der Waals surface area contributed by atoms with E-state index < -0.39 is 0 Å². The zero-order chi connectivity index (χ0) is 13.5. The van der Waals surface area contributed by atoms with Gasteiger partial charge in [0, 0.05) is 13.0 Å². The van der Waals surface area contributed by atoms with Crippen molar-refractivity contribution < 1.29 is 9.18 Å². The topological polar surface area (TPSA) is 20.3 Å². The summed E-state index contributed by atoms with van der Waals surface area (Å²) >= 11 is 0. The lowest BCUT2D eigenvalue weighted by Gasteiger charge is -2.19.